The fraction of sp³-hybridized carbons (Fsp3) is 0.273. The predicted octanol–water partition coefficient (Wildman–Crippen LogP) is 0.742. The van der Waals surface area contributed by atoms with E-state index in [9.17, 15) is 20.0 Å². The maximum Gasteiger partial charge on any atom is 0.270 e. The van der Waals surface area contributed by atoms with Crippen molar-refractivity contribution in [2.75, 3.05) is 0 Å². The molecule has 0 saturated heterocycles. The highest BCUT2D eigenvalue weighted by Gasteiger charge is 2.24. The Morgan fingerprint density at radius 2 is 2.28 bits per heavy atom. The second-order valence-corrected chi connectivity index (χ2v) is 4.19. The van der Waals surface area contributed by atoms with Crippen molar-refractivity contribution >= 4 is 16.6 Å². The number of fused-ring (bicyclic) bond motifs is 2. The number of aromatic nitrogens is 2. The number of nitro benzene ring substituents is 1. The van der Waals surface area contributed by atoms with Gasteiger partial charge in [-0.15, -0.1) is 0 Å². The molecule has 0 fully saturated rings. The molecule has 1 aliphatic heterocycles. The third kappa shape index (κ3) is 1.41. The lowest BCUT2D eigenvalue weighted by atomic mass is 10.2. The minimum Gasteiger partial charge on any atom is -0.385 e. The number of aliphatic hydroxyl groups excluding tert-OH is 1. The summed E-state index contributed by atoms with van der Waals surface area (Å²) in [6.07, 6.45) is -0.294. The van der Waals surface area contributed by atoms with Crippen LogP contribution in [0.3, 0.4) is 0 Å². The fourth-order valence-electron chi connectivity index (χ4n) is 2.19. The topological polar surface area (TPSA) is 98.3 Å². The van der Waals surface area contributed by atoms with Crippen LogP contribution in [0.1, 0.15) is 18.3 Å². The summed E-state index contributed by atoms with van der Waals surface area (Å²) in [7, 11) is 0. The van der Waals surface area contributed by atoms with Gasteiger partial charge in [-0.05, 0) is 12.5 Å². The first-order chi connectivity index (χ1) is 8.58. The molecule has 92 valence electrons. The van der Waals surface area contributed by atoms with Crippen LogP contribution in [0, 0.1) is 10.1 Å². The van der Waals surface area contributed by atoms with Crippen molar-refractivity contribution in [1.82, 2.24) is 9.55 Å². The van der Waals surface area contributed by atoms with Gasteiger partial charge < -0.3 is 5.11 Å². The van der Waals surface area contributed by atoms with Gasteiger partial charge >= 0.3 is 0 Å². The van der Waals surface area contributed by atoms with E-state index in [2.05, 4.69) is 4.98 Å². The number of hydrogen-bond acceptors (Lipinski definition) is 5. The van der Waals surface area contributed by atoms with Crippen LogP contribution >= 0.6 is 0 Å². The molecule has 1 N–H and O–H groups in total. The molecule has 18 heavy (non-hydrogen) atoms. The number of aliphatic hydroxyl groups is 1. The number of nitro groups is 1. The summed E-state index contributed by atoms with van der Waals surface area (Å²) in [5.74, 6) is 0.335. The molecule has 0 spiro atoms. The second kappa shape index (κ2) is 3.61. The fourth-order valence-corrected chi connectivity index (χ4v) is 2.19. The van der Waals surface area contributed by atoms with Crippen LogP contribution in [-0.4, -0.2) is 19.6 Å². The average Bonchev–Trinajstić information content (AvgIpc) is 2.71. The predicted molar refractivity (Wildman–Crippen MR) is 62.2 cm³/mol. The highest BCUT2D eigenvalue weighted by molar-refractivity contribution is 5.80. The summed E-state index contributed by atoms with van der Waals surface area (Å²) in [6, 6.07) is 3.95. The van der Waals surface area contributed by atoms with Crippen LogP contribution < -0.4 is 5.56 Å². The third-order valence-corrected chi connectivity index (χ3v) is 3.10. The van der Waals surface area contributed by atoms with E-state index >= 15 is 0 Å². The molecule has 0 radical (unpaired) electrons. The Kier molecular flexibility index (Phi) is 2.17. The Balaban J connectivity index is 2.36. The molecule has 2 heterocycles. The highest BCUT2D eigenvalue weighted by Crippen LogP contribution is 2.24. The number of hydrogen-bond donors (Lipinski definition) is 1. The Labute approximate surface area is 100 Å². The first kappa shape index (κ1) is 10.8. The van der Waals surface area contributed by atoms with Crippen LogP contribution in [0.4, 0.5) is 5.69 Å². The van der Waals surface area contributed by atoms with Gasteiger partial charge in [0.05, 0.1) is 15.8 Å². The van der Waals surface area contributed by atoms with E-state index in [1.807, 2.05) is 0 Å². The van der Waals surface area contributed by atoms with Gasteiger partial charge in [0.25, 0.3) is 11.2 Å². The van der Waals surface area contributed by atoms with E-state index in [0.29, 0.717) is 24.3 Å². The van der Waals surface area contributed by atoms with E-state index in [-0.39, 0.29) is 16.6 Å². The molecule has 7 nitrogen and oxygen atoms in total. The average molecular weight is 247 g/mol. The van der Waals surface area contributed by atoms with Gasteiger partial charge in [0.2, 0.25) is 0 Å². The first-order valence-electron chi connectivity index (χ1n) is 5.45. The summed E-state index contributed by atoms with van der Waals surface area (Å²) in [6.45, 7) is 0.390. The summed E-state index contributed by atoms with van der Waals surface area (Å²) < 4.78 is 1.37. The zero-order valence-electron chi connectivity index (χ0n) is 9.24. The Morgan fingerprint density at radius 3 is 3.00 bits per heavy atom. The Hall–Kier alpha value is -2.28. The highest BCUT2D eigenvalue weighted by atomic mass is 16.6. The van der Waals surface area contributed by atoms with Crippen molar-refractivity contribution in [3.05, 3.63) is 44.5 Å². The summed E-state index contributed by atoms with van der Waals surface area (Å²) in [5.41, 5.74) is -0.103. The lowest BCUT2D eigenvalue weighted by Crippen LogP contribution is -2.21. The van der Waals surface area contributed by atoms with Crippen LogP contribution in [-0.2, 0) is 6.54 Å². The number of rotatable bonds is 1. The minimum absolute atomic E-state index is 0.138. The molecule has 1 aromatic carbocycles. The van der Waals surface area contributed by atoms with Gasteiger partial charge in [0.15, 0.2) is 0 Å². The minimum atomic E-state index is -0.739. The van der Waals surface area contributed by atoms with E-state index in [0.717, 1.165) is 0 Å². The van der Waals surface area contributed by atoms with Crippen LogP contribution in [0.5, 0.6) is 0 Å². The molecular formula is C11H9N3O4. The van der Waals surface area contributed by atoms with Crippen molar-refractivity contribution in [1.29, 1.82) is 0 Å². The van der Waals surface area contributed by atoms with Gasteiger partial charge in [-0.25, -0.2) is 4.98 Å². The molecule has 1 atom stereocenters. The van der Waals surface area contributed by atoms with Gasteiger partial charge in [-0.1, -0.05) is 0 Å². The zero-order chi connectivity index (χ0) is 12.9. The van der Waals surface area contributed by atoms with Gasteiger partial charge in [0, 0.05) is 18.7 Å². The SMILES string of the molecule is O=c1c2cc([N+](=O)[O-])ccc2nc2n1CC[C@H]2O. The van der Waals surface area contributed by atoms with E-state index in [1.165, 1.54) is 22.8 Å². The van der Waals surface area contributed by atoms with E-state index < -0.39 is 11.0 Å². The monoisotopic (exact) mass is 247 g/mol. The van der Waals surface area contributed by atoms with E-state index in [1.54, 1.807) is 0 Å². The number of nitrogens with zero attached hydrogens (tertiary/aromatic N) is 3. The summed E-state index contributed by atoms with van der Waals surface area (Å²) >= 11 is 0. The van der Waals surface area contributed by atoms with Crippen molar-refractivity contribution in [2.24, 2.45) is 0 Å². The largest absolute Gasteiger partial charge is 0.385 e. The van der Waals surface area contributed by atoms with Crippen molar-refractivity contribution in [3.63, 3.8) is 0 Å². The molecule has 2 aromatic rings. The molecular weight excluding hydrogens is 238 g/mol. The quantitative estimate of drug-likeness (QED) is 0.592. The standard InChI is InChI=1S/C11H9N3O4/c15-9-3-4-13-10(9)12-8-2-1-6(14(17)18)5-7(8)11(13)16/h1-2,5,9,15H,3-4H2/t9-/m1/s1. The third-order valence-electron chi connectivity index (χ3n) is 3.10. The molecule has 3 rings (SSSR count). The van der Waals surface area contributed by atoms with Crippen LogP contribution in [0.2, 0.25) is 0 Å². The first-order valence-corrected chi connectivity index (χ1v) is 5.45. The smallest absolute Gasteiger partial charge is 0.270 e. The molecule has 0 bridgehead atoms. The number of benzene rings is 1. The zero-order valence-corrected chi connectivity index (χ0v) is 9.24. The normalized spacial score (nSPS) is 17.9. The molecule has 0 unspecified atom stereocenters. The molecule has 0 aliphatic carbocycles. The lowest BCUT2D eigenvalue weighted by molar-refractivity contribution is -0.384. The van der Waals surface area contributed by atoms with E-state index in [4.69, 9.17) is 0 Å². The van der Waals surface area contributed by atoms with Crippen molar-refractivity contribution in [2.45, 2.75) is 19.1 Å². The Bertz CT molecular complexity index is 722. The maximum atomic E-state index is 12.1. The molecule has 1 aliphatic rings. The van der Waals surface area contributed by atoms with Crippen molar-refractivity contribution in [3.8, 4) is 0 Å². The van der Waals surface area contributed by atoms with Crippen LogP contribution in [0.15, 0.2) is 23.0 Å². The van der Waals surface area contributed by atoms with Crippen LogP contribution in [0.25, 0.3) is 10.9 Å². The molecule has 0 saturated carbocycles. The number of non-ortho nitro benzene ring substituents is 1. The van der Waals surface area contributed by atoms with Gasteiger partial charge in [0.1, 0.15) is 11.9 Å². The van der Waals surface area contributed by atoms with Crippen molar-refractivity contribution < 1.29 is 10.0 Å². The molecule has 7 heteroatoms. The maximum absolute atomic E-state index is 12.1. The lowest BCUT2D eigenvalue weighted by Gasteiger charge is -2.06. The summed E-state index contributed by atoms with van der Waals surface area (Å²) in [4.78, 5) is 26.4. The Morgan fingerprint density at radius 1 is 1.50 bits per heavy atom. The molecule has 0 amide bonds. The van der Waals surface area contributed by atoms with Gasteiger partial charge in [-0.3, -0.25) is 19.5 Å². The second-order valence-electron chi connectivity index (χ2n) is 4.19. The van der Waals surface area contributed by atoms with Gasteiger partial charge in [-0.2, -0.15) is 0 Å². The summed E-state index contributed by atoms with van der Waals surface area (Å²) in [5, 5.41) is 20.6. The molecule has 1 aromatic heterocycles.